The SMILES string of the molecule is CCCN(CCC)C(=O)c1cc(C(=O)O[C@@H](CN)CNCc2cccc(CC)c2)cc(-c2nccs2)c1. The summed E-state index contributed by atoms with van der Waals surface area (Å²) in [7, 11) is 0. The number of ether oxygens (including phenoxy) is 1. The lowest BCUT2D eigenvalue weighted by molar-refractivity contribution is 0.0320. The van der Waals surface area contributed by atoms with Crippen LogP contribution in [0.2, 0.25) is 0 Å². The van der Waals surface area contributed by atoms with E-state index >= 15 is 0 Å². The maximum atomic E-state index is 13.3. The molecule has 7 nitrogen and oxygen atoms in total. The number of hydrogen-bond acceptors (Lipinski definition) is 7. The quantitative estimate of drug-likeness (QED) is 0.292. The Morgan fingerprint density at radius 2 is 1.78 bits per heavy atom. The minimum atomic E-state index is -0.504. The van der Waals surface area contributed by atoms with Crippen LogP contribution in [-0.4, -0.2) is 54.0 Å². The normalized spacial score (nSPS) is 11.8. The zero-order valence-corrected chi connectivity index (χ0v) is 22.9. The second-order valence-corrected chi connectivity index (χ2v) is 9.89. The third-order valence-electron chi connectivity index (χ3n) is 6.01. The summed E-state index contributed by atoms with van der Waals surface area (Å²) in [6.45, 7) is 8.82. The summed E-state index contributed by atoms with van der Waals surface area (Å²) < 4.78 is 5.76. The van der Waals surface area contributed by atoms with E-state index in [-0.39, 0.29) is 12.5 Å². The fourth-order valence-electron chi connectivity index (χ4n) is 4.13. The van der Waals surface area contributed by atoms with Crippen molar-refractivity contribution in [3.8, 4) is 10.6 Å². The number of benzene rings is 2. The summed E-state index contributed by atoms with van der Waals surface area (Å²) in [5, 5.41) is 5.95. The van der Waals surface area contributed by atoms with Gasteiger partial charge in [-0.05, 0) is 48.6 Å². The topological polar surface area (TPSA) is 97.5 Å². The second-order valence-electron chi connectivity index (χ2n) is 9.00. The number of nitrogens with zero attached hydrogens (tertiary/aromatic N) is 2. The summed E-state index contributed by atoms with van der Waals surface area (Å²) in [4.78, 5) is 32.8. The molecule has 8 heteroatoms. The average molecular weight is 523 g/mol. The van der Waals surface area contributed by atoms with Gasteiger partial charge >= 0.3 is 5.97 Å². The molecule has 37 heavy (non-hydrogen) atoms. The first-order chi connectivity index (χ1) is 18.0. The van der Waals surface area contributed by atoms with Gasteiger partial charge in [0.15, 0.2) is 0 Å². The molecular formula is C29H38N4O3S. The molecule has 3 aromatic rings. The number of thiazole rings is 1. The van der Waals surface area contributed by atoms with E-state index in [4.69, 9.17) is 10.5 Å². The third kappa shape index (κ3) is 8.21. The minimum Gasteiger partial charge on any atom is -0.456 e. The van der Waals surface area contributed by atoms with Crippen LogP contribution < -0.4 is 11.1 Å². The molecule has 0 bridgehead atoms. The third-order valence-corrected chi connectivity index (χ3v) is 6.83. The Morgan fingerprint density at radius 1 is 1.05 bits per heavy atom. The monoisotopic (exact) mass is 522 g/mol. The first kappa shape index (κ1) is 28.5. The molecule has 0 saturated heterocycles. The van der Waals surface area contributed by atoms with Gasteiger partial charge in [-0.3, -0.25) is 4.79 Å². The highest BCUT2D eigenvalue weighted by molar-refractivity contribution is 7.13. The smallest absolute Gasteiger partial charge is 0.338 e. The first-order valence-electron chi connectivity index (χ1n) is 13.0. The maximum Gasteiger partial charge on any atom is 0.338 e. The van der Waals surface area contributed by atoms with E-state index < -0.39 is 12.1 Å². The van der Waals surface area contributed by atoms with Gasteiger partial charge in [0, 0.05) is 55.4 Å². The van der Waals surface area contributed by atoms with Gasteiger partial charge in [-0.1, -0.05) is 45.0 Å². The van der Waals surface area contributed by atoms with Gasteiger partial charge in [0.1, 0.15) is 11.1 Å². The maximum absolute atomic E-state index is 13.3. The summed E-state index contributed by atoms with van der Waals surface area (Å²) in [5.41, 5.74) is 9.88. The van der Waals surface area contributed by atoms with Crippen molar-refractivity contribution < 1.29 is 14.3 Å². The number of aromatic nitrogens is 1. The average Bonchev–Trinajstić information content (AvgIpc) is 3.47. The number of carbonyl (C=O) groups excluding carboxylic acids is 2. The first-order valence-corrected chi connectivity index (χ1v) is 13.9. The van der Waals surface area contributed by atoms with Crippen molar-refractivity contribution in [3.63, 3.8) is 0 Å². The van der Waals surface area contributed by atoms with E-state index in [1.54, 1.807) is 18.3 Å². The molecule has 3 N–H and O–H groups in total. The minimum absolute atomic E-state index is 0.0949. The Kier molecular flexibility index (Phi) is 11.3. The molecule has 1 heterocycles. The van der Waals surface area contributed by atoms with Crippen molar-refractivity contribution in [2.45, 2.75) is 52.7 Å². The van der Waals surface area contributed by atoms with E-state index in [0.717, 1.165) is 29.8 Å². The van der Waals surface area contributed by atoms with E-state index in [2.05, 4.69) is 35.4 Å². The Balaban J connectivity index is 1.75. The summed E-state index contributed by atoms with van der Waals surface area (Å²) in [5.74, 6) is -0.599. The number of hydrogen-bond donors (Lipinski definition) is 2. The van der Waals surface area contributed by atoms with Gasteiger partial charge in [-0.2, -0.15) is 0 Å². The predicted octanol–water partition coefficient (Wildman–Crippen LogP) is 4.91. The van der Waals surface area contributed by atoms with Crippen LogP contribution in [0.5, 0.6) is 0 Å². The van der Waals surface area contributed by atoms with E-state index in [1.807, 2.05) is 36.3 Å². The number of amides is 1. The molecule has 0 aliphatic heterocycles. The fraction of sp³-hybridized carbons (Fsp3) is 0.414. The molecule has 0 saturated carbocycles. The molecule has 0 aliphatic rings. The van der Waals surface area contributed by atoms with Crippen LogP contribution in [0.25, 0.3) is 10.6 Å². The highest BCUT2D eigenvalue weighted by atomic mass is 32.1. The molecule has 0 aliphatic carbocycles. The number of nitrogens with two attached hydrogens (primary N) is 1. The van der Waals surface area contributed by atoms with Gasteiger partial charge in [0.25, 0.3) is 5.91 Å². The molecule has 1 amide bonds. The van der Waals surface area contributed by atoms with Gasteiger partial charge in [-0.25, -0.2) is 9.78 Å². The molecule has 2 aromatic carbocycles. The van der Waals surface area contributed by atoms with E-state index in [9.17, 15) is 9.59 Å². The number of aryl methyl sites for hydroxylation is 1. The zero-order chi connectivity index (χ0) is 26.6. The van der Waals surface area contributed by atoms with Crippen LogP contribution >= 0.6 is 11.3 Å². The van der Waals surface area contributed by atoms with Gasteiger partial charge < -0.3 is 20.7 Å². The molecule has 1 aromatic heterocycles. The molecular weight excluding hydrogens is 484 g/mol. The summed E-state index contributed by atoms with van der Waals surface area (Å²) >= 11 is 1.46. The zero-order valence-electron chi connectivity index (χ0n) is 22.0. The van der Waals surface area contributed by atoms with Crippen LogP contribution in [0, 0.1) is 0 Å². The van der Waals surface area contributed by atoms with Crippen LogP contribution in [0.1, 0.15) is 65.5 Å². The Hall–Kier alpha value is -3.07. The van der Waals surface area contributed by atoms with Crippen LogP contribution in [0.15, 0.2) is 54.0 Å². The molecule has 0 spiro atoms. The lowest BCUT2D eigenvalue weighted by Gasteiger charge is -2.22. The highest BCUT2D eigenvalue weighted by Gasteiger charge is 2.21. The van der Waals surface area contributed by atoms with Crippen molar-refractivity contribution >= 4 is 23.2 Å². The molecule has 0 unspecified atom stereocenters. The van der Waals surface area contributed by atoms with Crippen LogP contribution in [0.4, 0.5) is 0 Å². The lowest BCUT2D eigenvalue weighted by atomic mass is 10.0. The Bertz CT molecular complexity index is 1140. The van der Waals surface area contributed by atoms with Crippen molar-refractivity contribution in [3.05, 3.63) is 76.3 Å². The van der Waals surface area contributed by atoms with Gasteiger partial charge in [0.2, 0.25) is 0 Å². The molecule has 3 rings (SSSR count). The predicted molar refractivity (Wildman–Crippen MR) is 150 cm³/mol. The standard InChI is InChI=1S/C29H38N4O3S/c1-4-11-33(12-5-2)28(34)24-15-23(27-32-10-13-37-27)16-25(17-24)29(35)36-26(18-30)20-31-19-22-9-7-8-21(6-3)14-22/h7-10,13-17,26,31H,4-6,11-12,18-20,30H2,1-3H3/t26-/m0/s1. The van der Waals surface area contributed by atoms with Crippen LogP contribution in [0.3, 0.4) is 0 Å². The Morgan fingerprint density at radius 3 is 2.43 bits per heavy atom. The Labute approximate surface area is 224 Å². The summed E-state index contributed by atoms with van der Waals surface area (Å²) in [6, 6.07) is 13.6. The van der Waals surface area contributed by atoms with Crippen molar-refractivity contribution in [2.75, 3.05) is 26.2 Å². The van der Waals surface area contributed by atoms with Gasteiger partial charge in [0.05, 0.1) is 5.56 Å². The highest BCUT2D eigenvalue weighted by Crippen LogP contribution is 2.26. The molecule has 0 fully saturated rings. The molecule has 1 atom stereocenters. The van der Waals surface area contributed by atoms with Crippen molar-refractivity contribution in [1.82, 2.24) is 15.2 Å². The number of carbonyl (C=O) groups is 2. The van der Waals surface area contributed by atoms with Gasteiger partial charge in [-0.15, -0.1) is 11.3 Å². The fourth-order valence-corrected chi connectivity index (χ4v) is 4.75. The lowest BCUT2D eigenvalue weighted by Crippen LogP contribution is -2.36. The number of rotatable bonds is 14. The van der Waals surface area contributed by atoms with Crippen molar-refractivity contribution in [2.24, 2.45) is 5.73 Å². The number of esters is 1. The molecule has 198 valence electrons. The van der Waals surface area contributed by atoms with E-state index in [1.165, 1.54) is 22.5 Å². The van der Waals surface area contributed by atoms with Crippen molar-refractivity contribution in [1.29, 1.82) is 0 Å². The van der Waals surface area contributed by atoms with Crippen LogP contribution in [-0.2, 0) is 17.7 Å². The molecule has 0 radical (unpaired) electrons. The number of nitrogens with one attached hydrogen (secondary N) is 1. The van der Waals surface area contributed by atoms with E-state index in [0.29, 0.717) is 37.3 Å². The second kappa shape index (κ2) is 14.6. The summed E-state index contributed by atoms with van der Waals surface area (Å²) in [6.07, 6.45) is 3.91. The largest absolute Gasteiger partial charge is 0.456 e.